The van der Waals surface area contributed by atoms with E-state index in [4.69, 9.17) is 5.73 Å². The SMILES string of the molecule is NC1(C2CCC(F)(F)C2)N=C(c2nccc(C(F)(F)F)n2)NC(=NC2CCC(F)(F)C2)N1. The standard InChI is InChI=1S/C18H20F7N7/c19-15(20)4-1-9(7-15)18(26)31-13(12-27-6-3-11(29-12)17(23,24)25)30-14(32-18)28-10-2-5-16(21,22)8-10/h3,6,9-10H,1-2,4-5,7-8,26H2,(H2,28,30,31,32). The third kappa shape index (κ3) is 4.79. The van der Waals surface area contributed by atoms with Gasteiger partial charge in [0.05, 0.1) is 6.04 Å². The normalized spacial score (nSPS) is 33.0. The number of nitrogens with one attached hydrogen (secondary N) is 2. The van der Waals surface area contributed by atoms with Crippen LogP contribution in [0.5, 0.6) is 0 Å². The van der Waals surface area contributed by atoms with Gasteiger partial charge in [0.1, 0.15) is 5.69 Å². The third-order valence-electron chi connectivity index (χ3n) is 5.73. The van der Waals surface area contributed by atoms with Gasteiger partial charge in [0, 0.05) is 37.8 Å². The first-order chi connectivity index (χ1) is 14.7. The summed E-state index contributed by atoms with van der Waals surface area (Å²) in [4.78, 5) is 15.5. The van der Waals surface area contributed by atoms with Crippen LogP contribution in [0.15, 0.2) is 22.2 Å². The van der Waals surface area contributed by atoms with Gasteiger partial charge in [-0.05, 0) is 18.9 Å². The zero-order chi connectivity index (χ0) is 23.4. The fourth-order valence-electron chi connectivity index (χ4n) is 4.11. The zero-order valence-corrected chi connectivity index (χ0v) is 16.6. The van der Waals surface area contributed by atoms with Gasteiger partial charge in [-0.15, -0.1) is 0 Å². The first kappa shape index (κ1) is 22.7. The molecule has 3 aliphatic rings. The number of hydrogen-bond donors (Lipinski definition) is 3. The Balaban J connectivity index is 1.70. The predicted molar refractivity (Wildman–Crippen MR) is 99.1 cm³/mol. The second kappa shape index (κ2) is 7.52. The Morgan fingerprint density at radius 1 is 1.06 bits per heavy atom. The largest absolute Gasteiger partial charge is 0.433 e. The molecule has 4 N–H and O–H groups in total. The van der Waals surface area contributed by atoms with Crippen molar-refractivity contribution in [3.63, 3.8) is 0 Å². The lowest BCUT2D eigenvalue weighted by molar-refractivity contribution is -0.141. The molecule has 4 rings (SSSR count). The highest BCUT2D eigenvalue weighted by molar-refractivity contribution is 6.08. The minimum atomic E-state index is -4.76. The number of guanidine groups is 1. The minimum absolute atomic E-state index is 0.00842. The van der Waals surface area contributed by atoms with Gasteiger partial charge in [0.15, 0.2) is 23.4 Å². The van der Waals surface area contributed by atoms with Gasteiger partial charge >= 0.3 is 6.18 Å². The summed E-state index contributed by atoms with van der Waals surface area (Å²) in [5.74, 6) is -9.58. The highest BCUT2D eigenvalue weighted by atomic mass is 19.4. The molecule has 0 aromatic carbocycles. The van der Waals surface area contributed by atoms with Crippen LogP contribution in [-0.4, -0.2) is 45.4 Å². The Bertz CT molecular complexity index is 946. The summed E-state index contributed by atoms with van der Waals surface area (Å²) in [6, 6.07) is -0.135. The summed E-state index contributed by atoms with van der Waals surface area (Å²) in [6.45, 7) is 0. The van der Waals surface area contributed by atoms with E-state index in [0.717, 1.165) is 6.20 Å². The molecule has 176 valence electrons. The van der Waals surface area contributed by atoms with Gasteiger partial charge in [-0.3, -0.25) is 5.73 Å². The van der Waals surface area contributed by atoms with E-state index in [9.17, 15) is 30.7 Å². The molecule has 1 aliphatic heterocycles. The maximum atomic E-state index is 13.8. The number of alkyl halides is 7. The van der Waals surface area contributed by atoms with Gasteiger partial charge in [0.2, 0.25) is 11.8 Å². The second-order valence-electron chi connectivity index (χ2n) is 8.32. The van der Waals surface area contributed by atoms with Crippen molar-refractivity contribution in [2.45, 2.75) is 68.4 Å². The average Bonchev–Trinajstić information content (AvgIpc) is 3.22. The molecule has 2 fully saturated rings. The average molecular weight is 467 g/mol. The molecule has 2 heterocycles. The molecule has 2 aliphatic carbocycles. The van der Waals surface area contributed by atoms with Crippen LogP contribution in [0.25, 0.3) is 0 Å². The molecule has 2 saturated carbocycles. The molecular weight excluding hydrogens is 447 g/mol. The van der Waals surface area contributed by atoms with Crippen molar-refractivity contribution in [2.75, 3.05) is 0 Å². The van der Waals surface area contributed by atoms with Gasteiger partial charge < -0.3 is 10.6 Å². The Hall–Kier alpha value is -2.51. The highest BCUT2D eigenvalue weighted by Gasteiger charge is 2.50. The summed E-state index contributed by atoms with van der Waals surface area (Å²) < 4.78 is 94.0. The molecule has 3 atom stereocenters. The van der Waals surface area contributed by atoms with Crippen LogP contribution < -0.4 is 16.4 Å². The fraction of sp³-hybridized carbons (Fsp3) is 0.667. The number of nitrogens with two attached hydrogens (primary N) is 1. The lowest BCUT2D eigenvalue weighted by Gasteiger charge is -2.38. The summed E-state index contributed by atoms with van der Waals surface area (Å²) in [5, 5.41) is 5.27. The van der Waals surface area contributed by atoms with E-state index in [1.807, 2.05) is 0 Å². The number of halogens is 7. The van der Waals surface area contributed by atoms with Gasteiger partial charge in [0.25, 0.3) is 0 Å². The van der Waals surface area contributed by atoms with E-state index in [2.05, 4.69) is 30.6 Å². The van der Waals surface area contributed by atoms with E-state index in [0.29, 0.717) is 6.07 Å². The van der Waals surface area contributed by atoms with E-state index in [1.54, 1.807) is 0 Å². The van der Waals surface area contributed by atoms with Crippen LogP contribution in [0.3, 0.4) is 0 Å². The van der Waals surface area contributed by atoms with Gasteiger partial charge in [-0.25, -0.2) is 37.5 Å². The molecule has 0 saturated heterocycles. The van der Waals surface area contributed by atoms with Gasteiger partial charge in [-0.1, -0.05) is 0 Å². The number of nitrogens with zero attached hydrogens (tertiary/aromatic N) is 4. The van der Waals surface area contributed by atoms with Crippen LogP contribution in [0, 0.1) is 5.92 Å². The van der Waals surface area contributed by atoms with Crippen molar-refractivity contribution in [3.8, 4) is 0 Å². The van der Waals surface area contributed by atoms with E-state index < -0.39 is 66.5 Å². The molecule has 0 amide bonds. The summed E-state index contributed by atoms with van der Waals surface area (Å²) in [5.41, 5.74) is 5.04. The van der Waals surface area contributed by atoms with Crippen molar-refractivity contribution in [2.24, 2.45) is 21.6 Å². The molecule has 3 unspecified atom stereocenters. The van der Waals surface area contributed by atoms with Crippen molar-refractivity contribution < 1.29 is 30.7 Å². The maximum absolute atomic E-state index is 13.8. The lowest BCUT2D eigenvalue weighted by Crippen LogP contribution is -2.66. The predicted octanol–water partition coefficient (Wildman–Crippen LogP) is 3.03. The summed E-state index contributed by atoms with van der Waals surface area (Å²) in [7, 11) is 0. The zero-order valence-electron chi connectivity index (χ0n) is 16.6. The van der Waals surface area contributed by atoms with Crippen LogP contribution in [-0.2, 0) is 6.18 Å². The van der Waals surface area contributed by atoms with E-state index >= 15 is 0 Å². The molecule has 0 bridgehead atoms. The lowest BCUT2D eigenvalue weighted by atomic mass is 9.98. The fourth-order valence-corrected chi connectivity index (χ4v) is 4.11. The molecule has 1 aromatic heterocycles. The van der Waals surface area contributed by atoms with Crippen molar-refractivity contribution in [1.82, 2.24) is 20.6 Å². The smallest absolute Gasteiger partial charge is 0.319 e. The number of aromatic nitrogens is 2. The first-order valence-corrected chi connectivity index (χ1v) is 9.93. The van der Waals surface area contributed by atoms with Crippen LogP contribution in [0.2, 0.25) is 0 Å². The first-order valence-electron chi connectivity index (χ1n) is 9.93. The number of aliphatic imine (C=N–C) groups is 2. The Labute approximate surface area is 177 Å². The highest BCUT2D eigenvalue weighted by Crippen LogP contribution is 2.43. The van der Waals surface area contributed by atoms with Crippen molar-refractivity contribution >= 4 is 11.8 Å². The van der Waals surface area contributed by atoms with E-state index in [1.165, 1.54) is 0 Å². The van der Waals surface area contributed by atoms with Gasteiger partial charge in [-0.2, -0.15) is 13.2 Å². The quantitative estimate of drug-likeness (QED) is 0.594. The molecule has 7 nitrogen and oxygen atoms in total. The monoisotopic (exact) mass is 467 g/mol. The Morgan fingerprint density at radius 3 is 2.34 bits per heavy atom. The maximum Gasteiger partial charge on any atom is 0.433 e. The Morgan fingerprint density at radius 2 is 1.75 bits per heavy atom. The van der Waals surface area contributed by atoms with Crippen LogP contribution in [0.1, 0.15) is 50.0 Å². The third-order valence-corrected chi connectivity index (χ3v) is 5.73. The molecule has 14 heteroatoms. The second-order valence-corrected chi connectivity index (χ2v) is 8.32. The molecule has 0 radical (unpaired) electrons. The molecule has 32 heavy (non-hydrogen) atoms. The van der Waals surface area contributed by atoms with E-state index in [-0.39, 0.29) is 31.1 Å². The number of amidine groups is 1. The molecule has 0 spiro atoms. The van der Waals surface area contributed by atoms with Crippen molar-refractivity contribution in [1.29, 1.82) is 0 Å². The molecular formula is C18H20F7N7. The Kier molecular flexibility index (Phi) is 5.33. The van der Waals surface area contributed by atoms with Crippen LogP contribution >= 0.6 is 0 Å². The number of rotatable bonds is 3. The number of hydrogen-bond acceptors (Lipinski definition) is 5. The summed E-state index contributed by atoms with van der Waals surface area (Å²) in [6.07, 6.45) is -5.75. The minimum Gasteiger partial charge on any atom is -0.319 e. The summed E-state index contributed by atoms with van der Waals surface area (Å²) >= 11 is 0. The topological polar surface area (TPSA) is 101 Å². The van der Waals surface area contributed by atoms with Crippen molar-refractivity contribution in [3.05, 3.63) is 23.8 Å². The molecule has 1 aromatic rings. The van der Waals surface area contributed by atoms with Crippen LogP contribution in [0.4, 0.5) is 30.7 Å².